The Morgan fingerprint density at radius 1 is 1.28 bits per heavy atom. The van der Waals surface area contributed by atoms with Crippen LogP contribution in [0.4, 0.5) is 11.4 Å². The number of anilines is 2. The van der Waals surface area contributed by atoms with Crippen LogP contribution >= 0.6 is 11.6 Å². The molecule has 8 nitrogen and oxygen atoms in total. The highest BCUT2D eigenvalue weighted by molar-refractivity contribution is 6.32. The minimum Gasteiger partial charge on any atom is -0.493 e. The molecule has 9 heteroatoms. The number of carbonyl (C=O) groups is 1. The molecule has 5 rings (SSSR count). The van der Waals surface area contributed by atoms with Crippen LogP contribution in [-0.2, 0) is 11.2 Å². The van der Waals surface area contributed by atoms with Gasteiger partial charge in [-0.2, -0.15) is 0 Å². The van der Waals surface area contributed by atoms with Crippen LogP contribution in [0, 0.1) is 0 Å². The molecule has 2 aliphatic heterocycles. The smallest absolute Gasteiger partial charge is 0.255 e. The average Bonchev–Trinajstić information content (AvgIpc) is 3.23. The van der Waals surface area contributed by atoms with Crippen molar-refractivity contribution in [2.24, 2.45) is 0 Å². The van der Waals surface area contributed by atoms with Gasteiger partial charge in [0.25, 0.3) is 5.91 Å². The molecule has 0 bridgehead atoms. The third kappa shape index (κ3) is 5.01. The van der Waals surface area contributed by atoms with Crippen molar-refractivity contribution in [2.45, 2.75) is 51.2 Å². The zero-order valence-corrected chi connectivity index (χ0v) is 21.3. The van der Waals surface area contributed by atoms with E-state index < -0.39 is 0 Å². The van der Waals surface area contributed by atoms with Gasteiger partial charge in [-0.1, -0.05) is 17.7 Å². The Bertz CT molecular complexity index is 1240. The number of nitrogens with one attached hydrogen (secondary N) is 3. The Hall–Kier alpha value is -3.23. The van der Waals surface area contributed by atoms with Gasteiger partial charge in [-0.05, 0) is 44.4 Å². The summed E-state index contributed by atoms with van der Waals surface area (Å²) in [6, 6.07) is 7.38. The van der Waals surface area contributed by atoms with Gasteiger partial charge in [0.2, 0.25) is 0 Å². The van der Waals surface area contributed by atoms with E-state index in [2.05, 4.69) is 20.6 Å². The lowest BCUT2D eigenvalue weighted by Crippen LogP contribution is -2.39. The summed E-state index contributed by atoms with van der Waals surface area (Å²) >= 11 is 6.37. The number of hydrogen-bond donors (Lipinski definition) is 3. The number of carbonyl (C=O) groups excluding carboxylic acids is 1. The quantitative estimate of drug-likeness (QED) is 0.370. The molecule has 190 valence electrons. The van der Waals surface area contributed by atoms with E-state index in [1.807, 2.05) is 25.1 Å². The van der Waals surface area contributed by atoms with E-state index in [-0.39, 0.29) is 18.1 Å². The number of H-pyrrole nitrogens is 1. The van der Waals surface area contributed by atoms with Crippen LogP contribution < -0.4 is 20.1 Å². The Labute approximate surface area is 215 Å². The van der Waals surface area contributed by atoms with Gasteiger partial charge in [0.05, 0.1) is 53.7 Å². The van der Waals surface area contributed by atoms with E-state index in [0.717, 1.165) is 42.8 Å². The number of halogens is 1. The fraction of sp³-hybridized carbons (Fsp3) is 0.407. The highest BCUT2D eigenvalue weighted by atomic mass is 35.5. The molecule has 1 amide bonds. The summed E-state index contributed by atoms with van der Waals surface area (Å²) in [6.45, 7) is 3.33. The van der Waals surface area contributed by atoms with Crippen LogP contribution in [0.5, 0.6) is 11.5 Å². The third-order valence-corrected chi connectivity index (χ3v) is 6.95. The van der Waals surface area contributed by atoms with Crippen LogP contribution in [0.3, 0.4) is 0 Å². The Morgan fingerprint density at radius 2 is 2.17 bits per heavy atom. The van der Waals surface area contributed by atoms with Crippen molar-refractivity contribution in [1.29, 1.82) is 0 Å². The maximum absolute atomic E-state index is 13.1. The largest absolute Gasteiger partial charge is 0.493 e. The molecule has 36 heavy (non-hydrogen) atoms. The molecular weight excluding hydrogens is 480 g/mol. The van der Waals surface area contributed by atoms with E-state index in [0.29, 0.717) is 46.5 Å². The summed E-state index contributed by atoms with van der Waals surface area (Å²) in [4.78, 5) is 20.9. The number of ether oxygens (including phenoxy) is 3. The second-order valence-electron chi connectivity index (χ2n) is 9.25. The van der Waals surface area contributed by atoms with Gasteiger partial charge >= 0.3 is 0 Å². The Morgan fingerprint density at radius 3 is 2.97 bits per heavy atom. The number of pyridine rings is 1. The monoisotopic (exact) mass is 510 g/mol. The number of para-hydroxylation sites is 1. The van der Waals surface area contributed by atoms with Gasteiger partial charge in [0.1, 0.15) is 5.75 Å². The van der Waals surface area contributed by atoms with Crippen LogP contribution in [-0.4, -0.2) is 48.3 Å². The van der Waals surface area contributed by atoms with Gasteiger partial charge in [0, 0.05) is 42.9 Å². The predicted octanol–water partition coefficient (Wildman–Crippen LogP) is 5.49. The molecule has 2 aliphatic rings. The first-order chi connectivity index (χ1) is 17.5. The summed E-state index contributed by atoms with van der Waals surface area (Å²) in [5.41, 5.74) is 4.30. The zero-order chi connectivity index (χ0) is 25.1. The molecule has 2 aromatic heterocycles. The number of amides is 1. The number of fused-ring (bicyclic) bond motifs is 1. The maximum atomic E-state index is 13.1. The fourth-order valence-electron chi connectivity index (χ4n) is 4.92. The second kappa shape index (κ2) is 10.8. The lowest BCUT2D eigenvalue weighted by Gasteiger charge is -2.22. The van der Waals surface area contributed by atoms with Gasteiger partial charge in [0.15, 0.2) is 5.75 Å². The number of hydrogen-bond acceptors (Lipinski definition) is 6. The van der Waals surface area contributed by atoms with E-state index >= 15 is 0 Å². The minimum atomic E-state index is -0.138. The summed E-state index contributed by atoms with van der Waals surface area (Å²) in [7, 11) is 1.57. The molecule has 4 heterocycles. The fourth-order valence-corrected chi connectivity index (χ4v) is 5.17. The minimum absolute atomic E-state index is 0.0220. The van der Waals surface area contributed by atoms with Crippen molar-refractivity contribution in [2.75, 3.05) is 25.6 Å². The first-order valence-electron chi connectivity index (χ1n) is 12.4. The molecule has 0 spiro atoms. The number of benzene rings is 1. The van der Waals surface area contributed by atoms with Crippen LogP contribution in [0.25, 0.3) is 11.3 Å². The van der Waals surface area contributed by atoms with Crippen molar-refractivity contribution < 1.29 is 19.0 Å². The summed E-state index contributed by atoms with van der Waals surface area (Å²) < 4.78 is 17.6. The molecule has 3 aromatic rings. The lowest BCUT2D eigenvalue weighted by atomic mass is 10.0. The summed E-state index contributed by atoms with van der Waals surface area (Å²) in [5.74, 6) is 1.01. The van der Waals surface area contributed by atoms with Crippen LogP contribution in [0.1, 0.15) is 48.7 Å². The van der Waals surface area contributed by atoms with Gasteiger partial charge in [-0.15, -0.1) is 0 Å². The van der Waals surface area contributed by atoms with Gasteiger partial charge in [-0.3, -0.25) is 9.78 Å². The predicted molar refractivity (Wildman–Crippen MR) is 140 cm³/mol. The van der Waals surface area contributed by atoms with E-state index in [4.69, 9.17) is 25.8 Å². The Kier molecular flexibility index (Phi) is 7.34. The molecule has 1 aromatic carbocycles. The van der Waals surface area contributed by atoms with Gasteiger partial charge in [-0.25, -0.2) is 0 Å². The summed E-state index contributed by atoms with van der Waals surface area (Å²) in [6.07, 6.45) is 8.55. The molecule has 0 unspecified atom stereocenters. The molecular formula is C27H31ClN4O4. The SMILES string of the molecule is COc1c(Cl)cccc1Nc1c(-c2ccncc2OCC[C@@H]2CCCCO2)[nH]c2c1C(=O)N[C@H](C)C2. The molecule has 3 N–H and O–H groups in total. The van der Waals surface area contributed by atoms with Crippen molar-refractivity contribution in [3.63, 3.8) is 0 Å². The molecule has 0 radical (unpaired) electrons. The number of methoxy groups -OCH3 is 1. The normalized spacial score (nSPS) is 19.4. The van der Waals surface area contributed by atoms with Gasteiger partial charge < -0.3 is 29.8 Å². The molecule has 2 atom stereocenters. The number of aromatic nitrogens is 2. The molecule has 1 saturated heterocycles. The van der Waals surface area contributed by atoms with E-state index in [1.165, 1.54) is 6.42 Å². The lowest BCUT2D eigenvalue weighted by molar-refractivity contribution is 0.00406. The van der Waals surface area contributed by atoms with Crippen LogP contribution in [0.15, 0.2) is 36.7 Å². The first kappa shape index (κ1) is 24.5. The third-order valence-electron chi connectivity index (χ3n) is 6.65. The molecule has 1 fully saturated rings. The first-order valence-corrected chi connectivity index (χ1v) is 12.8. The van der Waals surface area contributed by atoms with Crippen LogP contribution in [0.2, 0.25) is 5.02 Å². The zero-order valence-electron chi connectivity index (χ0n) is 20.5. The number of rotatable bonds is 8. The molecule has 0 saturated carbocycles. The standard InChI is InChI=1S/C27H31ClN4O4/c1-16-14-21-23(27(33)30-16)25(31-20-8-5-7-19(28)26(20)34-2)24(32-21)18-9-11-29-15-22(18)36-13-10-17-6-3-4-12-35-17/h5,7-9,11,15-17,31-32H,3-4,6,10,12-14H2,1-2H3,(H,30,33)/t16-,17+/m1/s1. The van der Waals surface area contributed by atoms with Crippen molar-refractivity contribution in [3.05, 3.63) is 52.9 Å². The van der Waals surface area contributed by atoms with E-state index in [1.54, 1.807) is 25.6 Å². The number of aromatic amines is 1. The topological polar surface area (TPSA) is 97.5 Å². The van der Waals surface area contributed by atoms with Crippen molar-refractivity contribution in [3.8, 4) is 22.8 Å². The molecule has 0 aliphatic carbocycles. The van der Waals surface area contributed by atoms with Crippen molar-refractivity contribution >= 4 is 28.9 Å². The highest BCUT2D eigenvalue weighted by Crippen LogP contribution is 2.43. The average molecular weight is 511 g/mol. The highest BCUT2D eigenvalue weighted by Gasteiger charge is 2.31. The number of nitrogens with zero attached hydrogens (tertiary/aromatic N) is 1. The second-order valence-corrected chi connectivity index (χ2v) is 9.66. The Balaban J connectivity index is 1.51. The summed E-state index contributed by atoms with van der Waals surface area (Å²) in [5, 5.41) is 6.94. The maximum Gasteiger partial charge on any atom is 0.255 e. The van der Waals surface area contributed by atoms with Crippen molar-refractivity contribution in [1.82, 2.24) is 15.3 Å². The van der Waals surface area contributed by atoms with E-state index in [9.17, 15) is 4.79 Å².